The molecule has 2 N–H and O–H groups in total. The summed E-state index contributed by atoms with van der Waals surface area (Å²) in [4.78, 5) is 24.2. The van der Waals surface area contributed by atoms with Gasteiger partial charge in [-0.2, -0.15) is 0 Å². The van der Waals surface area contributed by atoms with Gasteiger partial charge in [0.15, 0.2) is 0 Å². The highest BCUT2D eigenvalue weighted by Crippen LogP contribution is 2.22. The molecule has 1 aromatic rings. The van der Waals surface area contributed by atoms with Crippen LogP contribution in [0.3, 0.4) is 0 Å². The van der Waals surface area contributed by atoms with Gasteiger partial charge < -0.3 is 15.3 Å². The zero-order chi connectivity index (χ0) is 14.0. The lowest BCUT2D eigenvalue weighted by atomic mass is 10.2. The number of carboxylic acid groups (broad SMARTS) is 1. The van der Waals surface area contributed by atoms with Gasteiger partial charge in [-0.05, 0) is 47.0 Å². The van der Waals surface area contributed by atoms with E-state index in [-0.39, 0.29) is 0 Å². The Morgan fingerprint density at radius 2 is 2.21 bits per heavy atom. The van der Waals surface area contributed by atoms with Crippen molar-refractivity contribution in [2.45, 2.75) is 18.9 Å². The highest BCUT2D eigenvalue weighted by molar-refractivity contribution is 9.10. The molecule has 1 heterocycles. The number of hydrogen-bond donors (Lipinski definition) is 2. The first-order valence-corrected chi connectivity index (χ1v) is 6.54. The van der Waals surface area contributed by atoms with Crippen LogP contribution in [0.25, 0.3) is 0 Å². The molecule has 0 aromatic heterocycles. The number of rotatable bonds is 2. The van der Waals surface area contributed by atoms with Crippen molar-refractivity contribution in [1.82, 2.24) is 4.90 Å². The third kappa shape index (κ3) is 3.04. The van der Waals surface area contributed by atoms with Crippen LogP contribution in [-0.4, -0.2) is 34.6 Å². The van der Waals surface area contributed by atoms with E-state index >= 15 is 0 Å². The van der Waals surface area contributed by atoms with Crippen LogP contribution in [0.5, 0.6) is 0 Å². The minimum atomic E-state index is -1.02. The lowest BCUT2D eigenvalue weighted by molar-refractivity contribution is -0.141. The van der Waals surface area contributed by atoms with E-state index in [1.54, 1.807) is 0 Å². The average molecular weight is 331 g/mol. The Morgan fingerprint density at radius 1 is 1.47 bits per heavy atom. The fourth-order valence-corrected chi connectivity index (χ4v) is 2.28. The molecule has 0 spiro atoms. The SMILES string of the molecule is O=C(O)[C@@H]1CCCN1C(=O)Nc1ccc(Br)c(F)c1. The average Bonchev–Trinajstić information content (AvgIpc) is 2.83. The van der Waals surface area contributed by atoms with E-state index in [4.69, 9.17) is 5.11 Å². The third-order valence-electron chi connectivity index (χ3n) is 2.97. The summed E-state index contributed by atoms with van der Waals surface area (Å²) < 4.78 is 13.6. The van der Waals surface area contributed by atoms with Gasteiger partial charge in [-0.1, -0.05) is 0 Å². The van der Waals surface area contributed by atoms with Gasteiger partial charge in [-0.3, -0.25) is 0 Å². The molecule has 0 unspecified atom stereocenters. The molecule has 0 bridgehead atoms. The minimum Gasteiger partial charge on any atom is -0.480 e. The van der Waals surface area contributed by atoms with E-state index in [0.29, 0.717) is 29.5 Å². The summed E-state index contributed by atoms with van der Waals surface area (Å²) in [5.74, 6) is -1.51. The number of nitrogens with one attached hydrogen (secondary N) is 1. The molecular weight excluding hydrogens is 319 g/mol. The van der Waals surface area contributed by atoms with Crippen LogP contribution in [0.15, 0.2) is 22.7 Å². The van der Waals surface area contributed by atoms with Crippen molar-refractivity contribution in [3.8, 4) is 0 Å². The summed E-state index contributed by atoms with van der Waals surface area (Å²) in [5.41, 5.74) is 0.293. The van der Waals surface area contributed by atoms with E-state index in [1.165, 1.54) is 23.1 Å². The second-order valence-electron chi connectivity index (χ2n) is 4.25. The normalized spacial score (nSPS) is 18.4. The number of urea groups is 1. The van der Waals surface area contributed by atoms with Gasteiger partial charge in [0.1, 0.15) is 11.9 Å². The van der Waals surface area contributed by atoms with E-state index < -0.39 is 23.9 Å². The molecular formula is C12H12BrFN2O3. The molecule has 0 aliphatic carbocycles. The Balaban J connectivity index is 2.08. The Kier molecular flexibility index (Phi) is 4.04. The minimum absolute atomic E-state index is 0.293. The molecule has 1 aromatic carbocycles. The standard InChI is InChI=1S/C12H12BrFN2O3/c13-8-4-3-7(6-9(8)14)15-12(19)16-5-1-2-10(16)11(17)18/h3-4,6,10H,1-2,5H2,(H,15,19)(H,17,18)/t10-/m0/s1. The second kappa shape index (κ2) is 5.56. The van der Waals surface area contributed by atoms with E-state index in [1.807, 2.05) is 0 Å². The van der Waals surface area contributed by atoms with Crippen molar-refractivity contribution in [2.75, 3.05) is 11.9 Å². The zero-order valence-electron chi connectivity index (χ0n) is 9.90. The summed E-state index contributed by atoms with van der Waals surface area (Å²) in [5, 5.41) is 11.5. The number of benzene rings is 1. The number of likely N-dealkylation sites (tertiary alicyclic amines) is 1. The molecule has 1 saturated heterocycles. The first kappa shape index (κ1) is 13.8. The van der Waals surface area contributed by atoms with Crippen LogP contribution < -0.4 is 5.32 Å². The Morgan fingerprint density at radius 3 is 2.84 bits per heavy atom. The molecule has 1 fully saturated rings. The lowest BCUT2D eigenvalue weighted by Gasteiger charge is -2.21. The Hall–Kier alpha value is -1.63. The van der Waals surface area contributed by atoms with Crippen molar-refractivity contribution in [1.29, 1.82) is 0 Å². The van der Waals surface area contributed by atoms with E-state index in [0.717, 1.165) is 0 Å². The quantitative estimate of drug-likeness (QED) is 0.875. The molecule has 5 nitrogen and oxygen atoms in total. The van der Waals surface area contributed by atoms with E-state index in [9.17, 15) is 14.0 Å². The molecule has 1 atom stereocenters. The van der Waals surface area contributed by atoms with Crippen molar-refractivity contribution in [2.24, 2.45) is 0 Å². The number of hydrogen-bond acceptors (Lipinski definition) is 2. The van der Waals surface area contributed by atoms with Gasteiger partial charge in [-0.25, -0.2) is 14.0 Å². The second-order valence-corrected chi connectivity index (χ2v) is 5.10. The van der Waals surface area contributed by atoms with Gasteiger partial charge in [0.2, 0.25) is 0 Å². The predicted octanol–water partition coefficient (Wildman–Crippen LogP) is 2.67. The molecule has 19 heavy (non-hydrogen) atoms. The number of aliphatic carboxylic acids is 1. The third-order valence-corrected chi connectivity index (χ3v) is 3.61. The zero-order valence-corrected chi connectivity index (χ0v) is 11.5. The molecule has 0 saturated carbocycles. The summed E-state index contributed by atoms with van der Waals surface area (Å²) in [6.07, 6.45) is 1.09. The highest BCUT2D eigenvalue weighted by atomic mass is 79.9. The van der Waals surface area contributed by atoms with Crippen LogP contribution in [0, 0.1) is 5.82 Å². The van der Waals surface area contributed by atoms with Crippen molar-refractivity contribution in [3.63, 3.8) is 0 Å². The lowest BCUT2D eigenvalue weighted by Crippen LogP contribution is -2.42. The Labute approximate surface area is 117 Å². The van der Waals surface area contributed by atoms with Crippen molar-refractivity contribution in [3.05, 3.63) is 28.5 Å². The molecule has 7 heteroatoms. The molecule has 1 aliphatic heterocycles. The summed E-state index contributed by atoms with van der Waals surface area (Å²) in [7, 11) is 0. The monoisotopic (exact) mass is 330 g/mol. The van der Waals surface area contributed by atoms with Crippen molar-refractivity contribution < 1.29 is 19.1 Å². The Bertz CT molecular complexity index is 524. The van der Waals surface area contributed by atoms with Gasteiger partial charge in [-0.15, -0.1) is 0 Å². The topological polar surface area (TPSA) is 69.6 Å². The fourth-order valence-electron chi connectivity index (χ4n) is 2.04. The predicted molar refractivity (Wildman–Crippen MR) is 70.5 cm³/mol. The number of carbonyl (C=O) groups is 2. The first-order chi connectivity index (χ1) is 8.99. The maximum atomic E-state index is 13.3. The molecule has 102 valence electrons. The van der Waals surface area contributed by atoms with Gasteiger partial charge in [0.05, 0.1) is 4.47 Å². The molecule has 0 radical (unpaired) electrons. The molecule has 2 rings (SSSR count). The van der Waals surface area contributed by atoms with Crippen LogP contribution in [0.1, 0.15) is 12.8 Å². The molecule has 2 amide bonds. The first-order valence-electron chi connectivity index (χ1n) is 5.74. The van der Waals surface area contributed by atoms with Crippen molar-refractivity contribution >= 4 is 33.6 Å². The van der Waals surface area contributed by atoms with Gasteiger partial charge in [0, 0.05) is 12.2 Å². The largest absolute Gasteiger partial charge is 0.480 e. The van der Waals surface area contributed by atoms with Gasteiger partial charge in [0.25, 0.3) is 0 Å². The smallest absolute Gasteiger partial charge is 0.326 e. The number of nitrogens with zero attached hydrogens (tertiary/aromatic N) is 1. The maximum absolute atomic E-state index is 13.3. The summed E-state index contributed by atoms with van der Waals surface area (Å²) in [6.45, 7) is 0.391. The number of carbonyl (C=O) groups excluding carboxylic acids is 1. The fraction of sp³-hybridized carbons (Fsp3) is 0.333. The number of anilines is 1. The van der Waals surface area contributed by atoms with E-state index in [2.05, 4.69) is 21.2 Å². The maximum Gasteiger partial charge on any atom is 0.326 e. The summed E-state index contributed by atoms with van der Waals surface area (Å²) >= 11 is 3.01. The van der Waals surface area contributed by atoms with Crippen LogP contribution in [-0.2, 0) is 4.79 Å². The number of carboxylic acids is 1. The summed E-state index contributed by atoms with van der Waals surface area (Å²) in [6, 6.07) is 2.86. The number of amides is 2. The highest BCUT2D eigenvalue weighted by Gasteiger charge is 2.33. The molecule has 1 aliphatic rings. The number of halogens is 2. The van der Waals surface area contributed by atoms with Crippen LogP contribution in [0.4, 0.5) is 14.9 Å². The van der Waals surface area contributed by atoms with Gasteiger partial charge >= 0.3 is 12.0 Å². The van der Waals surface area contributed by atoms with Crippen LogP contribution >= 0.6 is 15.9 Å². The van der Waals surface area contributed by atoms with Crippen LogP contribution in [0.2, 0.25) is 0 Å².